The number of ketones is 1. The van der Waals surface area contributed by atoms with Crippen molar-refractivity contribution in [3.8, 4) is 11.5 Å². The van der Waals surface area contributed by atoms with E-state index in [4.69, 9.17) is 15.9 Å². The number of phenols is 2. The van der Waals surface area contributed by atoms with Crippen molar-refractivity contribution in [3.05, 3.63) is 23.3 Å². The van der Waals surface area contributed by atoms with Crippen LogP contribution in [-0.4, -0.2) is 33.6 Å². The number of aromatic hydroxyl groups is 2. The standard InChI is InChI=1S/C9H9NO5/c10-3-8(13)4-1-5(9(14)15)7(12)2-6(4)11/h1-2,11-12H,3,10H2,(H,14,15). The fraction of sp³-hybridized carbons (Fsp3) is 0.111. The second-order valence-corrected chi connectivity index (χ2v) is 2.82. The van der Waals surface area contributed by atoms with Gasteiger partial charge in [-0.2, -0.15) is 0 Å². The fourth-order valence-corrected chi connectivity index (χ4v) is 1.08. The average molecular weight is 211 g/mol. The summed E-state index contributed by atoms with van der Waals surface area (Å²) in [6, 6.07) is 1.69. The van der Waals surface area contributed by atoms with Crippen LogP contribution in [0.1, 0.15) is 20.7 Å². The van der Waals surface area contributed by atoms with Gasteiger partial charge in [0.15, 0.2) is 5.78 Å². The van der Waals surface area contributed by atoms with Crippen molar-refractivity contribution in [3.63, 3.8) is 0 Å². The van der Waals surface area contributed by atoms with E-state index in [0.717, 1.165) is 12.1 Å². The number of hydrogen-bond donors (Lipinski definition) is 4. The molecule has 0 unspecified atom stereocenters. The van der Waals surface area contributed by atoms with Crippen molar-refractivity contribution in [1.29, 1.82) is 0 Å². The van der Waals surface area contributed by atoms with Gasteiger partial charge >= 0.3 is 5.97 Å². The number of carboxylic acid groups (broad SMARTS) is 1. The lowest BCUT2D eigenvalue weighted by molar-refractivity contribution is 0.0693. The summed E-state index contributed by atoms with van der Waals surface area (Å²) in [4.78, 5) is 21.8. The number of carboxylic acids is 1. The van der Waals surface area contributed by atoms with Crippen LogP contribution < -0.4 is 5.73 Å². The summed E-state index contributed by atoms with van der Waals surface area (Å²) < 4.78 is 0. The third-order valence-electron chi connectivity index (χ3n) is 1.83. The molecule has 1 aromatic carbocycles. The number of carbonyl (C=O) groups is 2. The van der Waals surface area contributed by atoms with Gasteiger partial charge in [-0.05, 0) is 6.07 Å². The summed E-state index contributed by atoms with van der Waals surface area (Å²) in [6.45, 7) is -0.350. The maximum Gasteiger partial charge on any atom is 0.339 e. The van der Waals surface area contributed by atoms with Gasteiger partial charge in [0.05, 0.1) is 12.1 Å². The maximum atomic E-state index is 11.2. The van der Waals surface area contributed by atoms with Crippen LogP contribution >= 0.6 is 0 Å². The smallest absolute Gasteiger partial charge is 0.339 e. The molecule has 0 heterocycles. The monoisotopic (exact) mass is 211 g/mol. The Labute approximate surface area is 84.6 Å². The van der Waals surface area contributed by atoms with Gasteiger partial charge in [0.2, 0.25) is 0 Å². The number of benzene rings is 1. The normalized spacial score (nSPS) is 9.93. The van der Waals surface area contributed by atoms with Gasteiger partial charge in [0.25, 0.3) is 0 Å². The molecule has 0 radical (unpaired) electrons. The Morgan fingerprint density at radius 2 is 1.67 bits per heavy atom. The van der Waals surface area contributed by atoms with Crippen LogP contribution in [0.3, 0.4) is 0 Å². The first-order valence-corrected chi connectivity index (χ1v) is 4.00. The molecule has 0 bridgehead atoms. The Bertz CT molecular complexity index is 427. The predicted octanol–water partition coefficient (Wildman–Crippen LogP) is -0.0626. The number of aromatic carboxylic acids is 1. The lowest BCUT2D eigenvalue weighted by Gasteiger charge is -2.05. The largest absolute Gasteiger partial charge is 0.507 e. The van der Waals surface area contributed by atoms with Gasteiger partial charge in [-0.1, -0.05) is 0 Å². The fourth-order valence-electron chi connectivity index (χ4n) is 1.08. The topological polar surface area (TPSA) is 121 Å². The zero-order chi connectivity index (χ0) is 11.6. The molecule has 0 fully saturated rings. The summed E-state index contributed by atoms with van der Waals surface area (Å²) in [5.41, 5.74) is 4.40. The second-order valence-electron chi connectivity index (χ2n) is 2.82. The summed E-state index contributed by atoms with van der Waals surface area (Å²) in [6.07, 6.45) is 0. The number of nitrogens with two attached hydrogens (primary N) is 1. The molecule has 0 atom stereocenters. The summed E-state index contributed by atoms with van der Waals surface area (Å²) >= 11 is 0. The van der Waals surface area contributed by atoms with Crippen molar-refractivity contribution in [1.82, 2.24) is 0 Å². The lowest BCUT2D eigenvalue weighted by atomic mass is 10.0. The highest BCUT2D eigenvalue weighted by Gasteiger charge is 2.17. The van der Waals surface area contributed by atoms with E-state index in [1.54, 1.807) is 0 Å². The SMILES string of the molecule is NCC(=O)c1cc(C(=O)O)c(O)cc1O. The molecule has 0 aliphatic carbocycles. The third-order valence-corrected chi connectivity index (χ3v) is 1.83. The first-order valence-electron chi connectivity index (χ1n) is 4.00. The first-order chi connectivity index (χ1) is 6.97. The van der Waals surface area contributed by atoms with Crippen molar-refractivity contribution >= 4 is 11.8 Å². The molecule has 0 aliphatic heterocycles. The van der Waals surface area contributed by atoms with Crippen LogP contribution in [0.25, 0.3) is 0 Å². The van der Waals surface area contributed by atoms with Crippen LogP contribution in [0.5, 0.6) is 11.5 Å². The minimum absolute atomic E-state index is 0.215. The summed E-state index contributed by atoms with van der Waals surface area (Å²) in [7, 11) is 0. The summed E-state index contributed by atoms with van der Waals surface area (Å²) in [5, 5.41) is 27.1. The van der Waals surface area contributed by atoms with Crippen molar-refractivity contribution in [2.45, 2.75) is 0 Å². The molecule has 1 rings (SSSR count). The first kappa shape index (κ1) is 11.0. The highest BCUT2D eigenvalue weighted by atomic mass is 16.4. The Balaban J connectivity index is 3.36. The quantitative estimate of drug-likeness (QED) is 0.519. The summed E-state index contributed by atoms with van der Waals surface area (Å²) in [5.74, 6) is -3.09. The molecule has 15 heavy (non-hydrogen) atoms. The molecule has 1 aromatic rings. The van der Waals surface area contributed by atoms with Gasteiger partial charge in [-0.3, -0.25) is 4.79 Å². The number of hydrogen-bond acceptors (Lipinski definition) is 5. The van der Waals surface area contributed by atoms with Gasteiger partial charge < -0.3 is 21.1 Å². The van der Waals surface area contributed by atoms with Gasteiger partial charge in [-0.25, -0.2) is 4.79 Å². The molecule has 80 valence electrons. The molecule has 0 spiro atoms. The van der Waals surface area contributed by atoms with Crippen LogP contribution in [0.2, 0.25) is 0 Å². The molecular formula is C9H9NO5. The Morgan fingerprint density at radius 3 is 2.13 bits per heavy atom. The molecule has 6 nitrogen and oxygen atoms in total. The Morgan fingerprint density at radius 1 is 1.13 bits per heavy atom. The van der Waals surface area contributed by atoms with Crippen molar-refractivity contribution < 1.29 is 24.9 Å². The van der Waals surface area contributed by atoms with E-state index in [2.05, 4.69) is 0 Å². The Kier molecular flexibility index (Phi) is 2.91. The van der Waals surface area contributed by atoms with E-state index in [1.165, 1.54) is 0 Å². The van der Waals surface area contributed by atoms with E-state index >= 15 is 0 Å². The molecule has 6 heteroatoms. The van der Waals surface area contributed by atoms with E-state index in [1.807, 2.05) is 0 Å². The van der Waals surface area contributed by atoms with Crippen LogP contribution in [-0.2, 0) is 0 Å². The number of phenolic OH excluding ortho intramolecular Hbond substituents is 1. The number of carbonyl (C=O) groups excluding carboxylic acids is 1. The van der Waals surface area contributed by atoms with Crippen LogP contribution in [0.15, 0.2) is 12.1 Å². The second kappa shape index (κ2) is 3.97. The van der Waals surface area contributed by atoms with Crippen LogP contribution in [0.4, 0.5) is 0 Å². The van der Waals surface area contributed by atoms with Crippen molar-refractivity contribution in [2.75, 3.05) is 6.54 Å². The number of Topliss-reactive ketones (excluding diaryl/α,β-unsaturated/α-hetero) is 1. The average Bonchev–Trinajstić information content (AvgIpc) is 2.16. The molecule has 5 N–H and O–H groups in total. The highest BCUT2D eigenvalue weighted by molar-refractivity contribution is 6.03. The molecule has 0 saturated heterocycles. The van der Waals surface area contributed by atoms with Gasteiger partial charge in [0, 0.05) is 6.07 Å². The zero-order valence-corrected chi connectivity index (χ0v) is 7.60. The van der Waals surface area contributed by atoms with E-state index in [0.29, 0.717) is 0 Å². The molecule has 0 saturated carbocycles. The lowest BCUT2D eigenvalue weighted by Crippen LogP contribution is -2.14. The molecule has 0 aromatic heterocycles. The van der Waals surface area contributed by atoms with Crippen molar-refractivity contribution in [2.24, 2.45) is 5.73 Å². The van der Waals surface area contributed by atoms with Gasteiger partial charge in [0.1, 0.15) is 17.1 Å². The minimum atomic E-state index is -1.39. The maximum absolute atomic E-state index is 11.2. The Hall–Kier alpha value is -2.08. The van der Waals surface area contributed by atoms with E-state index in [9.17, 15) is 14.7 Å². The van der Waals surface area contributed by atoms with Crippen LogP contribution in [0, 0.1) is 0 Å². The third kappa shape index (κ3) is 2.05. The van der Waals surface area contributed by atoms with E-state index < -0.39 is 28.8 Å². The molecule has 0 amide bonds. The number of rotatable bonds is 3. The highest BCUT2D eigenvalue weighted by Crippen LogP contribution is 2.27. The molecule has 0 aliphatic rings. The van der Waals surface area contributed by atoms with E-state index in [-0.39, 0.29) is 12.1 Å². The predicted molar refractivity (Wildman–Crippen MR) is 50.1 cm³/mol. The van der Waals surface area contributed by atoms with Gasteiger partial charge in [-0.15, -0.1) is 0 Å². The molecular weight excluding hydrogens is 202 g/mol. The zero-order valence-electron chi connectivity index (χ0n) is 7.60. The minimum Gasteiger partial charge on any atom is -0.507 e.